The van der Waals surface area contributed by atoms with Gasteiger partial charge in [0, 0.05) is 16.7 Å². The summed E-state index contributed by atoms with van der Waals surface area (Å²) in [5.74, 6) is 0.727. The van der Waals surface area contributed by atoms with Gasteiger partial charge in [-0.25, -0.2) is 4.39 Å². The first-order chi connectivity index (χ1) is 14.3. The molecule has 5 rings (SSSR count). The number of rotatable bonds is 0. The Morgan fingerprint density at radius 1 is 0.871 bits per heavy atom. The predicted octanol–water partition coefficient (Wildman–Crippen LogP) is 8.98. The second-order valence-electron chi connectivity index (χ2n) is 14.1. The summed E-state index contributed by atoms with van der Waals surface area (Å²) >= 11 is 0. The van der Waals surface area contributed by atoms with Crippen LogP contribution in [0.3, 0.4) is 0 Å². The number of alkyl halides is 1. The molecule has 31 heavy (non-hydrogen) atoms. The fourth-order valence-corrected chi connectivity index (χ4v) is 10.3. The maximum Gasteiger partial charge on any atom is 0.120 e. The number of hydrogen-bond donors (Lipinski definition) is 0. The molecule has 0 radical (unpaired) electrons. The summed E-state index contributed by atoms with van der Waals surface area (Å²) in [6.07, 6.45) is 10.9. The van der Waals surface area contributed by atoms with Crippen molar-refractivity contribution in [1.29, 1.82) is 0 Å². The highest BCUT2D eigenvalue weighted by molar-refractivity contribution is 5.35. The second kappa shape index (κ2) is 6.20. The zero-order valence-corrected chi connectivity index (χ0v) is 21.3. The van der Waals surface area contributed by atoms with E-state index in [2.05, 4.69) is 60.8 Å². The molecule has 172 valence electrons. The quantitative estimate of drug-likeness (QED) is 0.269. The van der Waals surface area contributed by atoms with Gasteiger partial charge in [-0.15, -0.1) is 5.73 Å². The fourth-order valence-electron chi connectivity index (χ4n) is 10.3. The molecule has 7 atom stereocenters. The molecule has 0 aromatic heterocycles. The molecule has 4 saturated carbocycles. The molecule has 1 heteroatoms. The van der Waals surface area contributed by atoms with Crippen LogP contribution in [0.4, 0.5) is 4.39 Å². The van der Waals surface area contributed by atoms with Crippen molar-refractivity contribution in [1.82, 2.24) is 0 Å². The van der Waals surface area contributed by atoms with E-state index in [-0.39, 0.29) is 27.6 Å². The van der Waals surface area contributed by atoms with Gasteiger partial charge in [0.1, 0.15) is 5.67 Å². The largest absolute Gasteiger partial charge is 0.243 e. The maximum absolute atomic E-state index is 17.9. The van der Waals surface area contributed by atoms with Crippen molar-refractivity contribution < 1.29 is 4.39 Å². The van der Waals surface area contributed by atoms with Gasteiger partial charge in [0.2, 0.25) is 0 Å². The molecule has 0 heterocycles. The van der Waals surface area contributed by atoms with Crippen molar-refractivity contribution in [2.45, 2.75) is 118 Å². The number of fused-ring (bicyclic) bond motifs is 7. The molecule has 0 N–H and O–H groups in total. The summed E-state index contributed by atoms with van der Waals surface area (Å²) in [4.78, 5) is 0. The highest BCUT2D eigenvalue weighted by atomic mass is 19.1. The topological polar surface area (TPSA) is 0 Å². The number of halogens is 1. The zero-order chi connectivity index (χ0) is 22.7. The molecule has 0 spiro atoms. The lowest BCUT2D eigenvalue weighted by atomic mass is 9.32. The van der Waals surface area contributed by atoms with Gasteiger partial charge in [0.25, 0.3) is 0 Å². The number of hydrogen-bond acceptors (Lipinski definition) is 0. The van der Waals surface area contributed by atoms with Crippen molar-refractivity contribution in [2.75, 3.05) is 0 Å². The summed E-state index contributed by atoms with van der Waals surface area (Å²) in [5, 5.41) is 0. The first kappa shape index (κ1) is 22.0. The van der Waals surface area contributed by atoms with Crippen molar-refractivity contribution in [2.24, 2.45) is 38.9 Å². The minimum Gasteiger partial charge on any atom is -0.243 e. The van der Waals surface area contributed by atoms with Crippen LogP contribution in [-0.2, 0) is 0 Å². The Morgan fingerprint density at radius 2 is 1.58 bits per heavy atom. The standard InChI is InChI=1S/C30H45F/c1-9-21-18-25(3,4)19-24-26(21,5)16-17-29(8)28(7)14-11-22-20(2)10-13-27(22,6)23(28)12-15-30(24,29)31/h23-24H,1,10-19H2,2-8H3/t23-,24+,26+,27+,28-,29+,30+/m1/s1. The third-order valence-corrected chi connectivity index (χ3v) is 12.4. The minimum atomic E-state index is -1.09. The maximum atomic E-state index is 17.9. The van der Waals surface area contributed by atoms with Crippen LogP contribution in [-0.4, -0.2) is 5.67 Å². The van der Waals surface area contributed by atoms with E-state index in [0.717, 1.165) is 38.5 Å². The highest BCUT2D eigenvalue weighted by Gasteiger charge is 2.74. The molecule has 0 nitrogen and oxygen atoms in total. The van der Waals surface area contributed by atoms with Crippen LogP contribution in [0.5, 0.6) is 0 Å². The SMILES string of the molecule is C=C=C1CC(C)(C)C[C@H]2[C@@]1(C)CC[C@@]1(C)[C@]3(C)CCC4=C(C)CC[C@]4(C)[C@H]3CC[C@]21F. The molecule has 0 saturated heterocycles. The van der Waals surface area contributed by atoms with Crippen LogP contribution >= 0.6 is 0 Å². The molecule has 4 fully saturated rings. The van der Waals surface area contributed by atoms with Gasteiger partial charge >= 0.3 is 0 Å². The molecule has 0 aromatic rings. The highest BCUT2D eigenvalue weighted by Crippen LogP contribution is 2.78. The summed E-state index contributed by atoms with van der Waals surface area (Å²) in [7, 11) is 0. The lowest BCUT2D eigenvalue weighted by Crippen LogP contribution is -2.70. The van der Waals surface area contributed by atoms with E-state index in [0.29, 0.717) is 11.3 Å². The summed E-state index contributed by atoms with van der Waals surface area (Å²) in [6, 6.07) is 0. The van der Waals surface area contributed by atoms with Crippen LogP contribution in [0.1, 0.15) is 113 Å². The molecule has 0 aliphatic heterocycles. The Labute approximate surface area is 190 Å². The predicted molar refractivity (Wildman–Crippen MR) is 129 cm³/mol. The third kappa shape index (κ3) is 2.43. The van der Waals surface area contributed by atoms with Gasteiger partial charge < -0.3 is 0 Å². The van der Waals surface area contributed by atoms with E-state index in [1.165, 1.54) is 31.3 Å². The molecule has 5 aliphatic carbocycles. The smallest absolute Gasteiger partial charge is 0.120 e. The second-order valence-corrected chi connectivity index (χ2v) is 14.1. The van der Waals surface area contributed by atoms with Gasteiger partial charge in [-0.1, -0.05) is 59.3 Å². The summed E-state index contributed by atoms with van der Waals surface area (Å²) < 4.78 is 17.9. The lowest BCUT2D eigenvalue weighted by Gasteiger charge is -2.73. The first-order valence-corrected chi connectivity index (χ1v) is 13.0. The normalized spacial score (nSPS) is 53.2. The number of allylic oxidation sites excluding steroid dienone is 3. The zero-order valence-electron chi connectivity index (χ0n) is 21.3. The van der Waals surface area contributed by atoms with Crippen LogP contribution in [0.15, 0.2) is 29.0 Å². The van der Waals surface area contributed by atoms with Gasteiger partial charge in [-0.3, -0.25) is 0 Å². The molecular weight excluding hydrogens is 379 g/mol. The molecular formula is C30H45F. The molecule has 5 aliphatic rings. The van der Waals surface area contributed by atoms with Gasteiger partial charge in [-0.2, -0.15) is 0 Å². The van der Waals surface area contributed by atoms with Gasteiger partial charge in [0.15, 0.2) is 0 Å². The van der Waals surface area contributed by atoms with Crippen molar-refractivity contribution in [3.05, 3.63) is 29.0 Å². The Bertz CT molecular complexity index is 901. The van der Waals surface area contributed by atoms with Crippen molar-refractivity contribution in [3.8, 4) is 0 Å². The first-order valence-electron chi connectivity index (χ1n) is 13.0. The van der Waals surface area contributed by atoms with E-state index in [1.807, 2.05) is 0 Å². The van der Waals surface area contributed by atoms with Crippen molar-refractivity contribution in [3.63, 3.8) is 0 Å². The fraction of sp³-hybridized carbons (Fsp3) is 0.833. The van der Waals surface area contributed by atoms with E-state index in [1.54, 1.807) is 11.1 Å². The average Bonchev–Trinajstić information content (AvgIpc) is 2.99. The molecule has 0 unspecified atom stereocenters. The van der Waals surface area contributed by atoms with Crippen LogP contribution in [0.25, 0.3) is 0 Å². The monoisotopic (exact) mass is 424 g/mol. The van der Waals surface area contributed by atoms with Crippen LogP contribution in [0.2, 0.25) is 0 Å². The Morgan fingerprint density at radius 3 is 2.26 bits per heavy atom. The Balaban J connectivity index is 1.63. The van der Waals surface area contributed by atoms with E-state index in [4.69, 9.17) is 0 Å². The average molecular weight is 425 g/mol. The molecule has 0 aromatic carbocycles. The summed E-state index contributed by atoms with van der Waals surface area (Å²) in [6.45, 7) is 20.9. The molecule has 0 bridgehead atoms. The minimum absolute atomic E-state index is 0.0672. The Hall–Kier alpha value is -0.810. The van der Waals surface area contributed by atoms with Crippen LogP contribution < -0.4 is 0 Å². The summed E-state index contributed by atoms with van der Waals surface area (Å²) in [5.41, 5.74) is 7.18. The van der Waals surface area contributed by atoms with E-state index < -0.39 is 5.67 Å². The van der Waals surface area contributed by atoms with Gasteiger partial charge in [-0.05, 0) is 98.9 Å². The van der Waals surface area contributed by atoms with Crippen LogP contribution in [0, 0.1) is 38.9 Å². The third-order valence-electron chi connectivity index (χ3n) is 12.4. The lowest BCUT2D eigenvalue weighted by molar-refractivity contribution is -0.256. The van der Waals surface area contributed by atoms with Crippen molar-refractivity contribution >= 4 is 0 Å². The Kier molecular flexibility index (Phi) is 4.40. The molecule has 0 amide bonds. The van der Waals surface area contributed by atoms with E-state index >= 15 is 4.39 Å². The van der Waals surface area contributed by atoms with E-state index in [9.17, 15) is 0 Å². The van der Waals surface area contributed by atoms with Gasteiger partial charge in [0.05, 0.1) is 0 Å².